The largest absolute Gasteiger partial charge is 0.330 e. The second-order valence-electron chi connectivity index (χ2n) is 3.06. The van der Waals surface area contributed by atoms with Crippen LogP contribution in [0.15, 0.2) is 24.3 Å². The number of halogens is 1. The minimum Gasteiger partial charge on any atom is -0.330 e. The molecule has 1 unspecified atom stereocenters. The summed E-state index contributed by atoms with van der Waals surface area (Å²) < 4.78 is 14.5. The van der Waals surface area contributed by atoms with Gasteiger partial charge >= 0.3 is 0 Å². The number of hydrogen-bond donors (Lipinski definition) is 1. The summed E-state index contributed by atoms with van der Waals surface area (Å²) in [6, 6.07) is 7.68. The molecule has 0 saturated carbocycles. The van der Waals surface area contributed by atoms with Crippen LogP contribution in [0, 0.1) is 0 Å². The highest BCUT2D eigenvalue weighted by Gasteiger charge is 2.13. The van der Waals surface area contributed by atoms with Crippen molar-refractivity contribution in [1.82, 2.24) is 4.98 Å². The molecule has 0 fully saturated rings. The first-order valence-electron chi connectivity index (χ1n) is 4.51. The highest BCUT2D eigenvalue weighted by molar-refractivity contribution is 7.18. The molecular formula is C10H11FN2S. The Kier molecular flexibility index (Phi) is 2.74. The third-order valence-corrected chi connectivity index (χ3v) is 3.12. The average molecular weight is 210 g/mol. The van der Waals surface area contributed by atoms with Crippen LogP contribution in [0.3, 0.4) is 0 Å². The van der Waals surface area contributed by atoms with E-state index in [0.717, 1.165) is 10.2 Å². The van der Waals surface area contributed by atoms with E-state index in [4.69, 9.17) is 5.73 Å². The van der Waals surface area contributed by atoms with Crippen molar-refractivity contribution in [3.05, 3.63) is 29.3 Å². The van der Waals surface area contributed by atoms with Crippen LogP contribution in [0.2, 0.25) is 0 Å². The van der Waals surface area contributed by atoms with E-state index in [9.17, 15) is 4.39 Å². The molecule has 0 aliphatic carbocycles. The van der Waals surface area contributed by atoms with E-state index >= 15 is 0 Å². The lowest BCUT2D eigenvalue weighted by molar-refractivity contribution is 0.327. The lowest BCUT2D eigenvalue weighted by atomic mass is 10.3. The molecule has 0 aliphatic heterocycles. The SMILES string of the molecule is NCCC(F)c1nc2ccccc2s1. The Labute approximate surface area is 85.6 Å². The second kappa shape index (κ2) is 4.02. The third kappa shape index (κ3) is 1.76. The molecular weight excluding hydrogens is 199 g/mol. The van der Waals surface area contributed by atoms with Gasteiger partial charge < -0.3 is 5.73 Å². The topological polar surface area (TPSA) is 38.9 Å². The van der Waals surface area contributed by atoms with Gasteiger partial charge in [0, 0.05) is 0 Å². The Morgan fingerprint density at radius 1 is 1.43 bits per heavy atom. The summed E-state index contributed by atoms with van der Waals surface area (Å²) in [5.41, 5.74) is 6.17. The van der Waals surface area contributed by atoms with E-state index in [1.807, 2.05) is 24.3 Å². The number of para-hydroxylation sites is 1. The Hall–Kier alpha value is -1.00. The summed E-state index contributed by atoms with van der Waals surface area (Å²) >= 11 is 1.40. The van der Waals surface area contributed by atoms with Crippen molar-refractivity contribution in [1.29, 1.82) is 0 Å². The van der Waals surface area contributed by atoms with Crippen molar-refractivity contribution in [2.75, 3.05) is 6.54 Å². The van der Waals surface area contributed by atoms with Gasteiger partial charge in [0.15, 0.2) is 6.17 Å². The summed E-state index contributed by atoms with van der Waals surface area (Å²) in [4.78, 5) is 4.22. The van der Waals surface area contributed by atoms with E-state index in [1.165, 1.54) is 11.3 Å². The Morgan fingerprint density at radius 3 is 2.93 bits per heavy atom. The van der Waals surface area contributed by atoms with Gasteiger partial charge in [-0.15, -0.1) is 11.3 Å². The van der Waals surface area contributed by atoms with Crippen LogP contribution in [0.25, 0.3) is 10.2 Å². The van der Waals surface area contributed by atoms with Crippen LogP contribution in [-0.2, 0) is 0 Å². The van der Waals surface area contributed by atoms with Gasteiger partial charge in [-0.1, -0.05) is 12.1 Å². The Morgan fingerprint density at radius 2 is 2.21 bits per heavy atom. The van der Waals surface area contributed by atoms with Crippen molar-refractivity contribution >= 4 is 21.6 Å². The molecule has 2 N–H and O–H groups in total. The zero-order chi connectivity index (χ0) is 9.97. The van der Waals surface area contributed by atoms with Crippen molar-refractivity contribution in [3.8, 4) is 0 Å². The predicted molar refractivity (Wildman–Crippen MR) is 57.1 cm³/mol. The molecule has 74 valence electrons. The van der Waals surface area contributed by atoms with E-state index in [-0.39, 0.29) is 0 Å². The van der Waals surface area contributed by atoms with Crippen LogP contribution in [0.1, 0.15) is 17.6 Å². The van der Waals surface area contributed by atoms with Gasteiger partial charge in [0.05, 0.1) is 10.2 Å². The first kappa shape index (κ1) is 9.55. The van der Waals surface area contributed by atoms with Gasteiger partial charge in [-0.05, 0) is 25.1 Å². The smallest absolute Gasteiger partial charge is 0.153 e. The van der Waals surface area contributed by atoms with Crippen molar-refractivity contribution in [2.24, 2.45) is 5.73 Å². The van der Waals surface area contributed by atoms with Crippen molar-refractivity contribution in [3.63, 3.8) is 0 Å². The standard InChI is InChI=1S/C10H11FN2S/c11-7(5-6-12)10-13-8-3-1-2-4-9(8)14-10/h1-4,7H,5-6,12H2. The lowest BCUT2D eigenvalue weighted by Gasteiger charge is -1.99. The van der Waals surface area contributed by atoms with Gasteiger partial charge in [-0.25, -0.2) is 9.37 Å². The molecule has 1 heterocycles. The molecule has 2 rings (SSSR count). The molecule has 0 amide bonds. The summed E-state index contributed by atoms with van der Waals surface area (Å²) in [6.45, 7) is 0.358. The average Bonchev–Trinajstić information content (AvgIpc) is 2.61. The number of hydrogen-bond acceptors (Lipinski definition) is 3. The van der Waals surface area contributed by atoms with Gasteiger partial charge in [-0.3, -0.25) is 0 Å². The predicted octanol–water partition coefficient (Wildman–Crippen LogP) is 2.66. The molecule has 0 bridgehead atoms. The quantitative estimate of drug-likeness (QED) is 0.845. The highest BCUT2D eigenvalue weighted by atomic mass is 32.1. The highest BCUT2D eigenvalue weighted by Crippen LogP contribution is 2.29. The first-order chi connectivity index (χ1) is 6.81. The minimum absolute atomic E-state index is 0.347. The Balaban J connectivity index is 2.35. The molecule has 0 aliphatic rings. The maximum Gasteiger partial charge on any atom is 0.153 e. The molecule has 1 atom stereocenters. The van der Waals surface area contributed by atoms with E-state index in [2.05, 4.69) is 4.98 Å². The van der Waals surface area contributed by atoms with Gasteiger partial charge in [0.1, 0.15) is 5.01 Å². The number of alkyl halides is 1. The van der Waals surface area contributed by atoms with Crippen LogP contribution in [0.5, 0.6) is 0 Å². The molecule has 1 aromatic carbocycles. The van der Waals surface area contributed by atoms with Crippen molar-refractivity contribution in [2.45, 2.75) is 12.6 Å². The van der Waals surface area contributed by atoms with Gasteiger partial charge in [0.25, 0.3) is 0 Å². The zero-order valence-electron chi connectivity index (χ0n) is 7.61. The van der Waals surface area contributed by atoms with Gasteiger partial charge in [0.2, 0.25) is 0 Å². The molecule has 2 aromatic rings. The van der Waals surface area contributed by atoms with E-state index in [0.29, 0.717) is 18.0 Å². The number of rotatable bonds is 3. The van der Waals surface area contributed by atoms with Crippen LogP contribution < -0.4 is 5.73 Å². The number of nitrogens with zero attached hydrogens (tertiary/aromatic N) is 1. The fourth-order valence-corrected chi connectivity index (χ4v) is 2.27. The molecule has 0 saturated heterocycles. The molecule has 14 heavy (non-hydrogen) atoms. The minimum atomic E-state index is -1.02. The van der Waals surface area contributed by atoms with E-state index < -0.39 is 6.17 Å². The van der Waals surface area contributed by atoms with Crippen LogP contribution in [-0.4, -0.2) is 11.5 Å². The Bertz CT molecular complexity index is 394. The lowest BCUT2D eigenvalue weighted by Crippen LogP contribution is -2.03. The maximum atomic E-state index is 13.4. The molecule has 0 radical (unpaired) electrons. The maximum absolute atomic E-state index is 13.4. The van der Waals surface area contributed by atoms with Crippen LogP contribution in [0.4, 0.5) is 4.39 Å². The first-order valence-corrected chi connectivity index (χ1v) is 5.32. The van der Waals surface area contributed by atoms with Crippen molar-refractivity contribution < 1.29 is 4.39 Å². The molecule has 4 heteroatoms. The summed E-state index contributed by atoms with van der Waals surface area (Å²) in [5, 5.41) is 0.539. The summed E-state index contributed by atoms with van der Waals surface area (Å²) in [7, 11) is 0. The number of fused-ring (bicyclic) bond motifs is 1. The number of nitrogens with two attached hydrogens (primary N) is 1. The van der Waals surface area contributed by atoms with Gasteiger partial charge in [-0.2, -0.15) is 0 Å². The van der Waals surface area contributed by atoms with Crippen LogP contribution >= 0.6 is 11.3 Å². The number of aromatic nitrogens is 1. The monoisotopic (exact) mass is 210 g/mol. The summed E-state index contributed by atoms with van der Waals surface area (Å²) in [5.74, 6) is 0. The fourth-order valence-electron chi connectivity index (χ4n) is 1.29. The zero-order valence-corrected chi connectivity index (χ0v) is 8.43. The number of benzene rings is 1. The van der Waals surface area contributed by atoms with E-state index in [1.54, 1.807) is 0 Å². The number of thiazole rings is 1. The fraction of sp³-hybridized carbons (Fsp3) is 0.300. The molecule has 0 spiro atoms. The molecule has 2 nitrogen and oxygen atoms in total. The second-order valence-corrected chi connectivity index (χ2v) is 4.13. The normalized spacial score (nSPS) is 13.3. The third-order valence-electron chi connectivity index (χ3n) is 2.00. The molecule has 1 aromatic heterocycles. The summed E-state index contributed by atoms with van der Waals surface area (Å²) in [6.07, 6.45) is -0.669.